The first-order valence-corrected chi connectivity index (χ1v) is 7.95. The van der Waals surface area contributed by atoms with Crippen LogP contribution in [0.15, 0.2) is 35.2 Å². The third-order valence-corrected chi connectivity index (χ3v) is 4.11. The SMILES string of the molecule is CC(C)(C)C(=O)/C(C#N)=C/c1csc(-c2ccc(Cl)cc2)n1. The molecule has 112 valence electrons. The maximum Gasteiger partial charge on any atom is 0.178 e. The van der Waals surface area contributed by atoms with Crippen molar-refractivity contribution in [2.75, 3.05) is 0 Å². The summed E-state index contributed by atoms with van der Waals surface area (Å²) >= 11 is 7.33. The zero-order chi connectivity index (χ0) is 16.3. The number of thiazole rings is 1. The van der Waals surface area contributed by atoms with Crippen molar-refractivity contribution in [1.29, 1.82) is 5.26 Å². The number of Topliss-reactive ketones (excluding diaryl/α,β-unsaturated/α-hetero) is 1. The van der Waals surface area contributed by atoms with Gasteiger partial charge in [-0.15, -0.1) is 11.3 Å². The zero-order valence-electron chi connectivity index (χ0n) is 12.6. The van der Waals surface area contributed by atoms with Gasteiger partial charge in [-0.1, -0.05) is 44.5 Å². The Hall–Kier alpha value is -1.96. The predicted molar refractivity (Wildman–Crippen MR) is 90.6 cm³/mol. The summed E-state index contributed by atoms with van der Waals surface area (Å²) in [5.74, 6) is -0.184. The van der Waals surface area contributed by atoms with Gasteiger partial charge in [0.25, 0.3) is 0 Å². The van der Waals surface area contributed by atoms with Crippen LogP contribution >= 0.6 is 22.9 Å². The molecular formula is C17H15ClN2OS. The molecule has 0 N–H and O–H groups in total. The van der Waals surface area contributed by atoms with Crippen LogP contribution < -0.4 is 0 Å². The molecule has 0 spiro atoms. The minimum Gasteiger partial charge on any atom is -0.293 e. The highest BCUT2D eigenvalue weighted by molar-refractivity contribution is 7.13. The normalized spacial score (nSPS) is 12.0. The molecule has 0 aliphatic carbocycles. The van der Waals surface area contributed by atoms with Gasteiger partial charge in [0, 0.05) is 21.4 Å². The summed E-state index contributed by atoms with van der Waals surface area (Å²) in [6.45, 7) is 5.38. The van der Waals surface area contributed by atoms with E-state index in [1.54, 1.807) is 39.0 Å². The lowest BCUT2D eigenvalue weighted by molar-refractivity contribution is -0.121. The van der Waals surface area contributed by atoms with Crippen molar-refractivity contribution in [1.82, 2.24) is 4.98 Å². The third kappa shape index (κ3) is 3.82. The molecule has 0 aliphatic rings. The van der Waals surface area contributed by atoms with E-state index in [2.05, 4.69) is 4.98 Å². The second-order valence-electron chi connectivity index (χ2n) is 5.83. The minimum atomic E-state index is -0.587. The van der Waals surface area contributed by atoms with Gasteiger partial charge in [-0.2, -0.15) is 5.26 Å². The van der Waals surface area contributed by atoms with Crippen LogP contribution in [0.1, 0.15) is 26.5 Å². The van der Waals surface area contributed by atoms with Crippen LogP contribution in [0.25, 0.3) is 16.6 Å². The van der Waals surface area contributed by atoms with Gasteiger partial charge in [0.2, 0.25) is 0 Å². The number of halogens is 1. The Bertz CT molecular complexity index is 761. The van der Waals surface area contributed by atoms with Crippen LogP contribution in [-0.4, -0.2) is 10.8 Å². The monoisotopic (exact) mass is 330 g/mol. The average molecular weight is 331 g/mol. The summed E-state index contributed by atoms with van der Waals surface area (Å²) in [7, 11) is 0. The zero-order valence-corrected chi connectivity index (χ0v) is 14.1. The lowest BCUT2D eigenvalue weighted by Crippen LogP contribution is -2.21. The minimum absolute atomic E-state index is 0.125. The van der Waals surface area contributed by atoms with Gasteiger partial charge in [0.1, 0.15) is 11.1 Å². The lowest BCUT2D eigenvalue weighted by atomic mass is 9.86. The Balaban J connectivity index is 2.31. The third-order valence-electron chi connectivity index (χ3n) is 2.95. The molecule has 0 saturated carbocycles. The molecule has 3 nitrogen and oxygen atoms in total. The quantitative estimate of drug-likeness (QED) is 0.588. The Morgan fingerprint density at radius 1 is 1.32 bits per heavy atom. The van der Waals surface area contributed by atoms with Crippen molar-refractivity contribution in [3.63, 3.8) is 0 Å². The second-order valence-corrected chi connectivity index (χ2v) is 7.13. The fraction of sp³-hybridized carbons (Fsp3) is 0.235. The Labute approximate surface area is 138 Å². The molecule has 0 radical (unpaired) electrons. The van der Waals surface area contributed by atoms with Crippen LogP contribution in [0, 0.1) is 16.7 Å². The van der Waals surface area contributed by atoms with Crippen molar-refractivity contribution in [3.8, 4) is 16.6 Å². The highest BCUT2D eigenvalue weighted by Crippen LogP contribution is 2.27. The van der Waals surface area contributed by atoms with Crippen molar-refractivity contribution >= 4 is 34.8 Å². The first-order valence-electron chi connectivity index (χ1n) is 6.69. The van der Waals surface area contributed by atoms with Crippen LogP contribution in [0.2, 0.25) is 5.02 Å². The number of aromatic nitrogens is 1. The van der Waals surface area contributed by atoms with Crippen LogP contribution in [-0.2, 0) is 4.79 Å². The Morgan fingerprint density at radius 2 is 1.95 bits per heavy atom. The first kappa shape index (κ1) is 16.4. The number of hydrogen-bond donors (Lipinski definition) is 0. The van der Waals surface area contributed by atoms with E-state index in [-0.39, 0.29) is 11.4 Å². The van der Waals surface area contributed by atoms with Crippen LogP contribution in [0.3, 0.4) is 0 Å². The first-order chi connectivity index (χ1) is 10.3. The molecule has 0 unspecified atom stereocenters. The number of hydrogen-bond acceptors (Lipinski definition) is 4. The van der Waals surface area contributed by atoms with Gasteiger partial charge in [0.05, 0.1) is 11.3 Å². The van der Waals surface area contributed by atoms with Crippen molar-refractivity contribution in [2.45, 2.75) is 20.8 Å². The van der Waals surface area contributed by atoms with Gasteiger partial charge >= 0.3 is 0 Å². The summed E-state index contributed by atoms with van der Waals surface area (Å²) in [6, 6.07) is 9.36. The van der Waals surface area contributed by atoms with Crippen molar-refractivity contribution in [3.05, 3.63) is 45.9 Å². The van der Waals surface area contributed by atoms with Gasteiger partial charge in [0.15, 0.2) is 5.78 Å². The number of rotatable bonds is 3. The molecule has 5 heteroatoms. The summed E-state index contributed by atoms with van der Waals surface area (Å²) in [5, 5.41) is 12.5. The van der Waals surface area contributed by atoms with Gasteiger partial charge < -0.3 is 0 Å². The number of carbonyl (C=O) groups is 1. The fourth-order valence-electron chi connectivity index (χ4n) is 1.78. The number of carbonyl (C=O) groups excluding carboxylic acids is 1. The number of benzene rings is 1. The lowest BCUT2D eigenvalue weighted by Gasteiger charge is -2.15. The van der Waals surface area contributed by atoms with Crippen molar-refractivity contribution in [2.24, 2.45) is 5.41 Å². The predicted octanol–water partition coefficient (Wildman–Crippen LogP) is 4.99. The highest BCUT2D eigenvalue weighted by atomic mass is 35.5. The standard InChI is InChI=1S/C17H15ClN2OS/c1-17(2,3)15(21)12(9-19)8-14-10-22-16(20-14)11-4-6-13(18)7-5-11/h4-8,10H,1-3H3/b12-8+. The van der Waals surface area contributed by atoms with E-state index >= 15 is 0 Å². The molecule has 1 heterocycles. The van der Waals surface area contributed by atoms with E-state index < -0.39 is 5.41 Å². The molecule has 1 aromatic carbocycles. The number of allylic oxidation sites excluding steroid dienone is 1. The summed E-state index contributed by atoms with van der Waals surface area (Å²) in [4.78, 5) is 16.6. The van der Waals surface area contributed by atoms with Crippen molar-refractivity contribution < 1.29 is 4.79 Å². The highest BCUT2D eigenvalue weighted by Gasteiger charge is 2.25. The van der Waals surface area contributed by atoms with Gasteiger partial charge in [-0.25, -0.2) is 4.98 Å². The molecule has 22 heavy (non-hydrogen) atoms. The number of nitriles is 1. The molecule has 1 aromatic heterocycles. The van der Waals surface area contributed by atoms with E-state index in [4.69, 9.17) is 11.6 Å². The molecule has 0 saturated heterocycles. The van der Waals surface area contributed by atoms with E-state index in [0.29, 0.717) is 10.7 Å². The number of ketones is 1. The van der Waals surface area contributed by atoms with E-state index in [0.717, 1.165) is 10.6 Å². The molecular weight excluding hydrogens is 316 g/mol. The molecule has 0 fully saturated rings. The fourth-order valence-corrected chi connectivity index (χ4v) is 2.69. The van der Waals surface area contributed by atoms with Crippen LogP contribution in [0.4, 0.5) is 0 Å². The Morgan fingerprint density at radius 3 is 2.50 bits per heavy atom. The van der Waals surface area contributed by atoms with Crippen LogP contribution in [0.5, 0.6) is 0 Å². The maximum atomic E-state index is 12.2. The second kappa shape index (κ2) is 6.43. The topological polar surface area (TPSA) is 53.8 Å². The van der Waals surface area contributed by atoms with E-state index in [1.165, 1.54) is 11.3 Å². The summed E-state index contributed by atoms with van der Waals surface area (Å²) in [6.07, 6.45) is 1.55. The molecule has 2 rings (SSSR count). The van der Waals surface area contributed by atoms with E-state index in [9.17, 15) is 10.1 Å². The molecule has 0 atom stereocenters. The maximum absolute atomic E-state index is 12.2. The van der Waals surface area contributed by atoms with E-state index in [1.807, 2.05) is 23.6 Å². The Kier molecular flexibility index (Phi) is 4.80. The largest absolute Gasteiger partial charge is 0.293 e. The molecule has 2 aromatic rings. The summed E-state index contributed by atoms with van der Waals surface area (Å²) < 4.78 is 0. The molecule has 0 amide bonds. The molecule has 0 aliphatic heterocycles. The van der Waals surface area contributed by atoms with Gasteiger partial charge in [-0.3, -0.25) is 4.79 Å². The summed E-state index contributed by atoms with van der Waals surface area (Å²) in [5.41, 5.74) is 1.11. The molecule has 0 bridgehead atoms. The van der Waals surface area contributed by atoms with Gasteiger partial charge in [-0.05, 0) is 18.2 Å². The smallest absolute Gasteiger partial charge is 0.178 e. The number of nitrogens with zero attached hydrogens (tertiary/aromatic N) is 2. The average Bonchev–Trinajstić information content (AvgIpc) is 2.92.